The molecule has 9 heteroatoms. The number of fused-ring (bicyclic) bond motifs is 1. The monoisotopic (exact) mass is 629 g/mol. The maximum absolute atomic E-state index is 12.7. The standard InChI is InChI=1S/C38H35N3O6/c1-25-12-13-26(2)41(25)30-14-16-31(17-15-30)45-24-32-18-19-34(47-32)38(42)40-39-22-27-20-35(43-3)37(36(21-27)44-4)46-23-29-10-7-9-28-8-5-6-11-33(28)29/h5-22H,23-24H2,1-4H3,(H,40,42)/b39-22+. The van der Waals surface area contributed by atoms with E-state index in [0.29, 0.717) is 40.9 Å². The summed E-state index contributed by atoms with van der Waals surface area (Å²) in [4.78, 5) is 12.7. The number of furan rings is 1. The number of hydrazone groups is 1. The van der Waals surface area contributed by atoms with Crippen LogP contribution < -0.4 is 24.4 Å². The number of ether oxygens (including phenoxy) is 4. The van der Waals surface area contributed by atoms with Crippen LogP contribution in [0.15, 0.2) is 113 Å². The van der Waals surface area contributed by atoms with Gasteiger partial charge in [0.05, 0.1) is 20.4 Å². The molecule has 0 radical (unpaired) electrons. The molecule has 0 bridgehead atoms. The Hall–Kier alpha value is -5.96. The fraction of sp³-hybridized carbons (Fsp3) is 0.158. The zero-order chi connectivity index (χ0) is 32.8. The summed E-state index contributed by atoms with van der Waals surface area (Å²) in [5, 5.41) is 6.36. The van der Waals surface area contributed by atoms with Gasteiger partial charge in [-0.05, 0) is 90.8 Å². The first-order valence-electron chi connectivity index (χ1n) is 15.1. The Bertz CT molecular complexity index is 1990. The van der Waals surface area contributed by atoms with Crippen LogP contribution in [-0.4, -0.2) is 30.9 Å². The van der Waals surface area contributed by atoms with Crippen molar-refractivity contribution < 1.29 is 28.2 Å². The van der Waals surface area contributed by atoms with Crippen LogP contribution >= 0.6 is 0 Å². The summed E-state index contributed by atoms with van der Waals surface area (Å²) in [7, 11) is 3.11. The molecule has 0 aliphatic rings. The highest BCUT2D eigenvalue weighted by atomic mass is 16.5. The Kier molecular flexibility index (Phi) is 9.24. The predicted octanol–water partition coefficient (Wildman–Crippen LogP) is 7.78. The Morgan fingerprint density at radius 2 is 1.51 bits per heavy atom. The van der Waals surface area contributed by atoms with Crippen LogP contribution in [-0.2, 0) is 13.2 Å². The third-order valence-corrected chi connectivity index (χ3v) is 7.75. The summed E-state index contributed by atoms with van der Waals surface area (Å²) in [6.45, 7) is 4.65. The van der Waals surface area contributed by atoms with Crippen molar-refractivity contribution in [2.75, 3.05) is 14.2 Å². The third-order valence-electron chi connectivity index (χ3n) is 7.75. The van der Waals surface area contributed by atoms with E-state index in [1.165, 1.54) is 6.21 Å². The largest absolute Gasteiger partial charge is 0.493 e. The number of hydrogen-bond donors (Lipinski definition) is 1. The Balaban J connectivity index is 1.05. The minimum absolute atomic E-state index is 0.113. The highest BCUT2D eigenvalue weighted by Crippen LogP contribution is 2.39. The molecule has 47 heavy (non-hydrogen) atoms. The first-order chi connectivity index (χ1) is 22.9. The number of methoxy groups -OCH3 is 2. The van der Waals surface area contributed by atoms with Gasteiger partial charge in [-0.15, -0.1) is 0 Å². The van der Waals surface area contributed by atoms with Crippen LogP contribution in [0.2, 0.25) is 0 Å². The Labute approximate surface area is 273 Å². The topological polar surface area (TPSA) is 96.5 Å². The van der Waals surface area contributed by atoms with Crippen LogP contribution in [0.4, 0.5) is 0 Å². The van der Waals surface area contributed by atoms with Gasteiger partial charge in [0.25, 0.3) is 0 Å². The van der Waals surface area contributed by atoms with E-state index in [0.717, 1.165) is 33.4 Å². The molecule has 0 aliphatic carbocycles. The number of rotatable bonds is 12. The van der Waals surface area contributed by atoms with Crippen LogP contribution in [0.1, 0.15) is 38.8 Å². The van der Waals surface area contributed by atoms with Gasteiger partial charge in [-0.2, -0.15) is 5.10 Å². The SMILES string of the molecule is COc1cc(/C=N/NC(=O)c2ccc(COc3ccc(-n4c(C)ccc4C)cc3)o2)cc(OC)c1OCc1cccc2ccccc12. The maximum atomic E-state index is 12.7. The molecule has 0 fully saturated rings. The molecule has 2 aromatic heterocycles. The molecule has 0 unspecified atom stereocenters. The summed E-state index contributed by atoms with van der Waals surface area (Å²) in [6.07, 6.45) is 1.49. The molecule has 0 saturated carbocycles. The van der Waals surface area contributed by atoms with E-state index < -0.39 is 5.91 Å². The second-order valence-electron chi connectivity index (χ2n) is 10.9. The number of hydrogen-bond acceptors (Lipinski definition) is 7. The Morgan fingerprint density at radius 1 is 0.809 bits per heavy atom. The molecule has 0 aliphatic heterocycles. The number of carbonyl (C=O) groups excluding carboxylic acids is 1. The smallest absolute Gasteiger partial charge is 0.307 e. The molecule has 0 spiro atoms. The highest BCUT2D eigenvalue weighted by molar-refractivity contribution is 5.92. The second-order valence-corrected chi connectivity index (χ2v) is 10.9. The van der Waals surface area contributed by atoms with Gasteiger partial charge in [-0.25, -0.2) is 5.43 Å². The molecule has 4 aromatic carbocycles. The number of benzene rings is 4. The molecule has 9 nitrogen and oxygen atoms in total. The minimum Gasteiger partial charge on any atom is -0.493 e. The van der Waals surface area contributed by atoms with E-state index in [1.54, 1.807) is 38.5 Å². The van der Waals surface area contributed by atoms with Gasteiger partial charge < -0.3 is 27.9 Å². The predicted molar refractivity (Wildman–Crippen MR) is 181 cm³/mol. The van der Waals surface area contributed by atoms with Crippen molar-refractivity contribution in [1.82, 2.24) is 9.99 Å². The lowest BCUT2D eigenvalue weighted by molar-refractivity contribution is 0.0923. The van der Waals surface area contributed by atoms with Crippen LogP contribution in [0, 0.1) is 13.8 Å². The second kappa shape index (κ2) is 14.0. The molecule has 1 amide bonds. The van der Waals surface area contributed by atoms with Crippen molar-refractivity contribution in [3.8, 4) is 28.7 Å². The lowest BCUT2D eigenvalue weighted by Gasteiger charge is -2.16. The summed E-state index contributed by atoms with van der Waals surface area (Å²) >= 11 is 0. The summed E-state index contributed by atoms with van der Waals surface area (Å²) in [5.74, 6) is 2.23. The molecule has 6 rings (SSSR count). The number of nitrogens with one attached hydrogen (secondary N) is 1. The fourth-order valence-electron chi connectivity index (χ4n) is 5.40. The normalized spacial score (nSPS) is 11.1. The van der Waals surface area contributed by atoms with Crippen molar-refractivity contribution in [3.05, 3.63) is 137 Å². The summed E-state index contributed by atoms with van der Waals surface area (Å²) in [5.41, 5.74) is 7.57. The van der Waals surface area contributed by atoms with Crippen molar-refractivity contribution in [2.45, 2.75) is 27.1 Å². The number of aromatic nitrogens is 1. The van der Waals surface area contributed by atoms with E-state index in [4.69, 9.17) is 23.4 Å². The lowest BCUT2D eigenvalue weighted by atomic mass is 10.1. The van der Waals surface area contributed by atoms with Crippen molar-refractivity contribution in [1.29, 1.82) is 0 Å². The molecule has 0 saturated heterocycles. The molecule has 6 aromatic rings. The van der Waals surface area contributed by atoms with Crippen molar-refractivity contribution >= 4 is 22.9 Å². The van der Waals surface area contributed by atoms with Gasteiger partial charge in [0.15, 0.2) is 17.3 Å². The van der Waals surface area contributed by atoms with Gasteiger partial charge in [-0.3, -0.25) is 4.79 Å². The van der Waals surface area contributed by atoms with Gasteiger partial charge >= 0.3 is 5.91 Å². The van der Waals surface area contributed by atoms with Gasteiger partial charge in [0.2, 0.25) is 5.75 Å². The van der Waals surface area contributed by atoms with E-state index >= 15 is 0 Å². The molecular formula is C38H35N3O6. The van der Waals surface area contributed by atoms with E-state index in [2.05, 4.69) is 59.3 Å². The zero-order valence-electron chi connectivity index (χ0n) is 26.7. The lowest BCUT2D eigenvalue weighted by Crippen LogP contribution is -2.16. The van der Waals surface area contributed by atoms with E-state index in [1.807, 2.05) is 48.5 Å². The van der Waals surface area contributed by atoms with E-state index in [-0.39, 0.29) is 12.4 Å². The molecular weight excluding hydrogens is 594 g/mol. The van der Waals surface area contributed by atoms with E-state index in [9.17, 15) is 4.79 Å². The summed E-state index contributed by atoms with van der Waals surface area (Å²) < 4.78 is 31.1. The average molecular weight is 630 g/mol. The number of carbonyl (C=O) groups is 1. The van der Waals surface area contributed by atoms with Crippen molar-refractivity contribution in [2.24, 2.45) is 5.10 Å². The minimum atomic E-state index is -0.497. The summed E-state index contributed by atoms with van der Waals surface area (Å²) in [6, 6.07) is 33.1. The Morgan fingerprint density at radius 3 is 2.23 bits per heavy atom. The molecule has 238 valence electrons. The first kappa shape index (κ1) is 31.0. The van der Waals surface area contributed by atoms with Crippen LogP contribution in [0.25, 0.3) is 16.5 Å². The van der Waals surface area contributed by atoms with Crippen LogP contribution in [0.5, 0.6) is 23.0 Å². The quantitative estimate of drug-likeness (QED) is 0.110. The first-order valence-corrected chi connectivity index (χ1v) is 15.1. The maximum Gasteiger partial charge on any atom is 0.307 e. The van der Waals surface area contributed by atoms with Crippen LogP contribution in [0.3, 0.4) is 0 Å². The number of nitrogens with zero attached hydrogens (tertiary/aromatic N) is 2. The van der Waals surface area contributed by atoms with Gasteiger partial charge in [-0.1, -0.05) is 42.5 Å². The number of amides is 1. The highest BCUT2D eigenvalue weighted by Gasteiger charge is 2.16. The number of aryl methyl sites for hydroxylation is 2. The van der Waals surface area contributed by atoms with Crippen molar-refractivity contribution in [3.63, 3.8) is 0 Å². The third kappa shape index (κ3) is 6.99. The molecule has 2 heterocycles. The fourth-order valence-corrected chi connectivity index (χ4v) is 5.40. The van der Waals surface area contributed by atoms with Gasteiger partial charge in [0.1, 0.15) is 24.7 Å². The zero-order valence-corrected chi connectivity index (χ0v) is 26.7. The molecule has 1 N–H and O–H groups in total. The van der Waals surface area contributed by atoms with Gasteiger partial charge in [0, 0.05) is 22.6 Å². The molecule has 0 atom stereocenters. The average Bonchev–Trinajstić information content (AvgIpc) is 3.72.